The second-order valence-corrected chi connectivity index (χ2v) is 10.7. The van der Waals surface area contributed by atoms with E-state index in [1.807, 2.05) is 24.3 Å². The van der Waals surface area contributed by atoms with Crippen LogP contribution in [0.15, 0.2) is 24.3 Å². The van der Waals surface area contributed by atoms with E-state index in [9.17, 15) is 18.3 Å². The molecule has 3 atom stereocenters. The summed E-state index contributed by atoms with van der Waals surface area (Å²) in [6, 6.07) is 6.87. The molecular formula is C22H32N2O6S. The predicted octanol–water partition coefficient (Wildman–Crippen LogP) is 1.39. The maximum Gasteiger partial charge on any atom is 0.266 e. The Hall–Kier alpha value is -1.68. The Morgan fingerprint density at radius 2 is 1.90 bits per heavy atom. The van der Waals surface area contributed by atoms with Gasteiger partial charge in [-0.3, -0.25) is 4.79 Å². The first kappa shape index (κ1) is 22.5. The number of carbonyl (C=O) groups excluding carboxylic acids is 1. The number of benzene rings is 1. The molecule has 0 radical (unpaired) electrons. The van der Waals surface area contributed by atoms with Crippen LogP contribution in [0.5, 0.6) is 5.75 Å². The number of aliphatic hydroxyl groups is 1. The molecule has 1 aromatic carbocycles. The first-order valence-electron chi connectivity index (χ1n) is 11.1. The molecule has 8 nitrogen and oxygen atoms in total. The number of para-hydroxylation sites is 1. The van der Waals surface area contributed by atoms with E-state index in [4.69, 9.17) is 9.47 Å². The van der Waals surface area contributed by atoms with Crippen LogP contribution in [0.2, 0.25) is 0 Å². The lowest BCUT2D eigenvalue weighted by molar-refractivity contribution is -0.147. The van der Waals surface area contributed by atoms with E-state index in [2.05, 4.69) is 4.72 Å². The highest BCUT2D eigenvalue weighted by atomic mass is 32.2. The minimum absolute atomic E-state index is 0.0940. The largest absolute Gasteiger partial charge is 0.478 e. The normalized spacial score (nSPS) is 32.1. The first-order valence-corrected chi connectivity index (χ1v) is 13.0. The summed E-state index contributed by atoms with van der Waals surface area (Å²) in [5, 5.41) is 10.0. The van der Waals surface area contributed by atoms with Crippen molar-refractivity contribution >= 4 is 15.9 Å². The summed E-state index contributed by atoms with van der Waals surface area (Å²) < 4.78 is 38.9. The van der Waals surface area contributed by atoms with Crippen LogP contribution in [-0.2, 0) is 19.6 Å². The van der Waals surface area contributed by atoms with E-state index in [0.29, 0.717) is 31.1 Å². The molecule has 9 heteroatoms. The number of nitrogens with zero attached hydrogens (tertiary/aromatic N) is 1. The van der Waals surface area contributed by atoms with Crippen LogP contribution in [-0.4, -0.2) is 74.6 Å². The molecule has 0 spiro atoms. The number of hydrogen-bond donors (Lipinski definition) is 2. The molecule has 3 aliphatic heterocycles. The molecule has 2 fully saturated rings. The van der Waals surface area contributed by atoms with Crippen LogP contribution in [0.4, 0.5) is 0 Å². The third-order valence-corrected chi connectivity index (χ3v) is 7.40. The second kappa shape index (κ2) is 9.44. The van der Waals surface area contributed by atoms with Gasteiger partial charge in [0.05, 0.1) is 31.6 Å². The lowest BCUT2D eigenvalue weighted by Crippen LogP contribution is -2.61. The van der Waals surface area contributed by atoms with Crippen molar-refractivity contribution in [3.05, 3.63) is 29.8 Å². The van der Waals surface area contributed by atoms with Crippen molar-refractivity contribution < 1.29 is 27.8 Å². The average molecular weight is 453 g/mol. The molecular weight excluding hydrogens is 420 g/mol. The fraction of sp³-hybridized carbons (Fsp3) is 0.682. The summed E-state index contributed by atoms with van der Waals surface area (Å²) in [6.45, 7) is 0.289. The number of hydrogen-bond acceptors (Lipinski definition) is 6. The third-order valence-electron chi connectivity index (χ3n) is 6.67. The van der Waals surface area contributed by atoms with Gasteiger partial charge >= 0.3 is 0 Å². The molecule has 3 heterocycles. The average Bonchev–Trinajstić information content (AvgIpc) is 2.76. The first-order chi connectivity index (χ1) is 14.9. The highest BCUT2D eigenvalue weighted by molar-refractivity contribution is 7.88. The van der Waals surface area contributed by atoms with Gasteiger partial charge in [-0.1, -0.05) is 18.2 Å². The molecule has 1 saturated carbocycles. The Morgan fingerprint density at radius 1 is 1.16 bits per heavy atom. The molecule has 2 bridgehead atoms. The summed E-state index contributed by atoms with van der Waals surface area (Å²) >= 11 is 0. The molecule has 1 aromatic rings. The van der Waals surface area contributed by atoms with E-state index in [0.717, 1.165) is 37.5 Å². The van der Waals surface area contributed by atoms with Gasteiger partial charge in [-0.2, -0.15) is 0 Å². The maximum absolute atomic E-state index is 13.4. The highest BCUT2D eigenvalue weighted by Crippen LogP contribution is 2.39. The number of aliphatic hydroxyl groups excluding tert-OH is 1. The molecule has 0 aromatic heterocycles. The Kier molecular flexibility index (Phi) is 6.86. The van der Waals surface area contributed by atoms with Crippen molar-refractivity contribution in [2.45, 2.75) is 68.7 Å². The molecule has 5 rings (SSSR count). The van der Waals surface area contributed by atoms with Gasteiger partial charge < -0.3 is 19.5 Å². The van der Waals surface area contributed by atoms with Gasteiger partial charge in [0.2, 0.25) is 10.0 Å². The standard InChI is InChI=1S/C22H32N2O6S/c1-31(27,28)23-18-6-4-12-24-19(18)14-29-16-10-8-15(9-11-16)17-5-2-3-7-20(17)30-21(13-25)22(24)26/h2-3,5,7,15-16,18-19,21,23,25H,4,6,8-14H2,1H3/t15?,16?,18-,19?,21-/m0/s1. The number of fused-ring (bicyclic) bond motifs is 5. The molecule has 31 heavy (non-hydrogen) atoms. The number of carbonyl (C=O) groups is 1. The summed E-state index contributed by atoms with van der Waals surface area (Å²) in [4.78, 5) is 15.1. The number of amides is 1. The Labute approximate surface area is 184 Å². The number of ether oxygens (including phenoxy) is 2. The van der Waals surface area contributed by atoms with Gasteiger partial charge in [-0.15, -0.1) is 0 Å². The molecule has 4 aliphatic rings. The summed E-state index contributed by atoms with van der Waals surface area (Å²) in [5.74, 6) is 0.629. The van der Waals surface area contributed by atoms with Gasteiger partial charge in [0.25, 0.3) is 5.91 Å². The molecule has 2 N–H and O–H groups in total. The predicted molar refractivity (Wildman–Crippen MR) is 115 cm³/mol. The van der Waals surface area contributed by atoms with E-state index in [1.165, 1.54) is 0 Å². The maximum atomic E-state index is 13.4. The van der Waals surface area contributed by atoms with Crippen LogP contribution < -0.4 is 9.46 Å². The number of rotatable bonds is 3. The summed E-state index contributed by atoms with van der Waals surface area (Å²) in [7, 11) is -3.44. The van der Waals surface area contributed by atoms with Crippen LogP contribution in [0.25, 0.3) is 0 Å². The third kappa shape index (κ3) is 5.22. The topological polar surface area (TPSA) is 105 Å². The van der Waals surface area contributed by atoms with Gasteiger partial charge in [0.15, 0.2) is 6.10 Å². The Balaban J connectivity index is 1.68. The van der Waals surface area contributed by atoms with E-state index in [-0.39, 0.29) is 18.6 Å². The fourth-order valence-electron chi connectivity index (χ4n) is 5.15. The Morgan fingerprint density at radius 3 is 2.61 bits per heavy atom. The molecule has 1 amide bonds. The van der Waals surface area contributed by atoms with Crippen molar-refractivity contribution in [2.24, 2.45) is 0 Å². The van der Waals surface area contributed by atoms with Gasteiger partial charge in [0, 0.05) is 12.6 Å². The Bertz CT molecular complexity index is 884. The number of sulfonamides is 1. The summed E-state index contributed by atoms with van der Waals surface area (Å²) in [5.41, 5.74) is 1.07. The lowest BCUT2D eigenvalue weighted by Gasteiger charge is -2.42. The van der Waals surface area contributed by atoms with Crippen molar-refractivity contribution in [1.82, 2.24) is 9.62 Å². The zero-order valence-electron chi connectivity index (χ0n) is 17.9. The zero-order chi connectivity index (χ0) is 22.0. The fourth-order valence-corrected chi connectivity index (χ4v) is 5.98. The van der Waals surface area contributed by atoms with Gasteiger partial charge in [-0.25, -0.2) is 13.1 Å². The van der Waals surface area contributed by atoms with E-state index in [1.54, 1.807) is 4.90 Å². The smallest absolute Gasteiger partial charge is 0.266 e. The summed E-state index contributed by atoms with van der Waals surface area (Å²) in [6.07, 6.45) is 5.22. The van der Waals surface area contributed by atoms with E-state index < -0.39 is 34.8 Å². The van der Waals surface area contributed by atoms with Crippen LogP contribution in [0.1, 0.15) is 50.0 Å². The zero-order valence-corrected chi connectivity index (χ0v) is 18.7. The monoisotopic (exact) mass is 452 g/mol. The van der Waals surface area contributed by atoms with E-state index >= 15 is 0 Å². The second-order valence-electron chi connectivity index (χ2n) is 8.87. The van der Waals surface area contributed by atoms with Crippen LogP contribution >= 0.6 is 0 Å². The quantitative estimate of drug-likeness (QED) is 0.718. The molecule has 172 valence electrons. The lowest BCUT2D eigenvalue weighted by atomic mass is 9.82. The van der Waals surface area contributed by atoms with Crippen LogP contribution in [0.3, 0.4) is 0 Å². The van der Waals surface area contributed by atoms with Gasteiger partial charge in [-0.05, 0) is 56.1 Å². The van der Waals surface area contributed by atoms with Crippen molar-refractivity contribution in [3.63, 3.8) is 0 Å². The van der Waals surface area contributed by atoms with Crippen molar-refractivity contribution in [3.8, 4) is 5.75 Å². The number of nitrogens with one attached hydrogen (secondary N) is 1. The van der Waals surface area contributed by atoms with Crippen molar-refractivity contribution in [1.29, 1.82) is 0 Å². The number of piperidine rings is 1. The minimum Gasteiger partial charge on any atom is -0.478 e. The van der Waals surface area contributed by atoms with Crippen LogP contribution in [0, 0.1) is 0 Å². The van der Waals surface area contributed by atoms with Crippen molar-refractivity contribution in [2.75, 3.05) is 26.0 Å². The minimum atomic E-state index is -3.44. The molecule has 1 unspecified atom stereocenters. The highest BCUT2D eigenvalue weighted by Gasteiger charge is 2.40. The SMILES string of the molecule is CS(=O)(=O)N[C@H]1CCCN2C(=O)[C@H](CO)Oc3ccccc3C3CCC(CC3)OCC12. The molecule has 1 saturated heterocycles. The molecule has 1 aliphatic carbocycles. The van der Waals surface area contributed by atoms with Gasteiger partial charge in [0.1, 0.15) is 5.75 Å².